The van der Waals surface area contributed by atoms with Crippen LogP contribution in [0.5, 0.6) is 0 Å². The molecule has 0 unspecified atom stereocenters. The van der Waals surface area contributed by atoms with E-state index in [-0.39, 0.29) is 0 Å². The van der Waals surface area contributed by atoms with E-state index >= 15 is 0 Å². The van der Waals surface area contributed by atoms with E-state index in [1.165, 1.54) is 0 Å². The minimum atomic E-state index is -0.620. The molecule has 0 aliphatic rings. The Balaban J connectivity index is 0. The van der Waals surface area contributed by atoms with Gasteiger partial charge in [-0.1, -0.05) is 36.4 Å². The SMILES string of the molecule is CP(C)O.[Br][Ru][Br].c1ccccc1. The zero-order valence-corrected chi connectivity index (χ0v) is 13.3. The third kappa shape index (κ3) is 31.9. The molecule has 0 fully saturated rings. The number of hydrogen-bond acceptors (Lipinski definition) is 1. The quantitative estimate of drug-likeness (QED) is 0.500. The minimum Gasteiger partial charge on any atom is -0.0623 e. The fourth-order valence-corrected chi connectivity index (χ4v) is 0.385. The minimum absolute atomic E-state index is 0.335. The van der Waals surface area contributed by atoms with Crippen molar-refractivity contribution in [3.05, 3.63) is 36.4 Å². The largest absolute Gasteiger partial charge is 0.0623 e. The molecule has 0 radical (unpaired) electrons. The van der Waals surface area contributed by atoms with Gasteiger partial charge in [-0.2, -0.15) is 0 Å². The molecule has 0 saturated carbocycles. The van der Waals surface area contributed by atoms with Gasteiger partial charge in [0.25, 0.3) is 0 Å². The van der Waals surface area contributed by atoms with Gasteiger partial charge in [0.15, 0.2) is 0 Å². The molecular formula is C8H13Br2OPRu. The summed E-state index contributed by atoms with van der Waals surface area (Å²) < 4.78 is 0. The maximum Gasteiger partial charge on any atom is -0.0623 e. The number of halogens is 2. The summed E-state index contributed by atoms with van der Waals surface area (Å²) in [6.07, 6.45) is 0. The van der Waals surface area contributed by atoms with Gasteiger partial charge in [0.05, 0.1) is 0 Å². The molecule has 0 aliphatic heterocycles. The Morgan fingerprint density at radius 1 is 0.923 bits per heavy atom. The van der Waals surface area contributed by atoms with Gasteiger partial charge in [0.1, 0.15) is 0 Å². The Hall–Kier alpha value is 1.19. The Morgan fingerprint density at radius 3 is 1.08 bits per heavy atom. The summed E-state index contributed by atoms with van der Waals surface area (Å²) in [5, 5.41) is 0. The molecule has 1 aromatic carbocycles. The third-order valence-electron chi connectivity index (χ3n) is 0.667. The summed E-state index contributed by atoms with van der Waals surface area (Å²) >= 11 is 6.64. The van der Waals surface area contributed by atoms with Gasteiger partial charge in [-0.15, -0.1) is 0 Å². The van der Waals surface area contributed by atoms with E-state index < -0.39 is 8.15 Å². The molecule has 0 aromatic heterocycles. The van der Waals surface area contributed by atoms with Crippen molar-refractivity contribution in [1.29, 1.82) is 0 Å². The zero-order chi connectivity index (χ0) is 10.5. The molecule has 1 aromatic rings. The summed E-state index contributed by atoms with van der Waals surface area (Å²) in [5.41, 5.74) is 0. The smallest absolute Gasteiger partial charge is 0.0623 e. The van der Waals surface area contributed by atoms with Crippen molar-refractivity contribution < 1.29 is 18.1 Å². The average Bonchev–Trinajstić information content (AvgIpc) is 2.08. The van der Waals surface area contributed by atoms with Crippen LogP contribution < -0.4 is 0 Å². The van der Waals surface area contributed by atoms with Crippen molar-refractivity contribution in [2.24, 2.45) is 0 Å². The first-order valence-electron chi connectivity index (χ1n) is 3.36. The first-order valence-corrected chi connectivity index (χ1v) is 13.5. The molecule has 1 N–H and O–H groups in total. The second-order valence-electron chi connectivity index (χ2n) is 2.05. The maximum absolute atomic E-state index is 8.12. The fourth-order valence-electron chi connectivity index (χ4n) is 0.385. The Bertz CT molecular complexity index is 134. The molecule has 0 atom stereocenters. The second-order valence-corrected chi connectivity index (χ2v) is 11.8. The molecule has 0 bridgehead atoms. The van der Waals surface area contributed by atoms with Crippen LogP contribution in [0.2, 0.25) is 0 Å². The molecule has 0 aliphatic carbocycles. The molecule has 13 heavy (non-hydrogen) atoms. The van der Waals surface area contributed by atoms with E-state index in [9.17, 15) is 0 Å². The van der Waals surface area contributed by atoms with Crippen molar-refractivity contribution in [3.8, 4) is 0 Å². The fraction of sp³-hybridized carbons (Fsp3) is 0.250. The van der Waals surface area contributed by atoms with E-state index in [1.807, 2.05) is 36.4 Å². The van der Waals surface area contributed by atoms with Crippen molar-refractivity contribution in [3.63, 3.8) is 0 Å². The maximum atomic E-state index is 8.12. The molecule has 0 amide bonds. The van der Waals surface area contributed by atoms with E-state index in [2.05, 4.69) is 27.2 Å². The standard InChI is InChI=1S/C6H6.C2H7OP.2BrH.Ru/c1-2-4-6-5-3-1;1-4(2)3;;;/h1-6H;3H,1-2H3;2*1H;/q;;;;+2/p-2. The Labute approximate surface area is 102 Å². The predicted molar refractivity (Wildman–Crippen MR) is 65.3 cm³/mol. The van der Waals surface area contributed by atoms with E-state index in [1.54, 1.807) is 13.3 Å². The van der Waals surface area contributed by atoms with Crippen molar-refractivity contribution in [2.45, 2.75) is 0 Å². The monoisotopic (exact) mass is 416 g/mol. The van der Waals surface area contributed by atoms with Gasteiger partial charge in [-0.25, -0.2) is 0 Å². The summed E-state index contributed by atoms with van der Waals surface area (Å²) in [6, 6.07) is 12.0. The van der Waals surface area contributed by atoms with Crippen LogP contribution in [-0.4, -0.2) is 18.2 Å². The van der Waals surface area contributed by atoms with Crippen LogP contribution in [0.3, 0.4) is 0 Å². The van der Waals surface area contributed by atoms with Crippen LogP contribution in [0.4, 0.5) is 0 Å². The molecule has 1 rings (SSSR count). The topological polar surface area (TPSA) is 20.2 Å². The van der Waals surface area contributed by atoms with Crippen LogP contribution in [0.15, 0.2) is 36.4 Å². The van der Waals surface area contributed by atoms with Gasteiger partial charge in [-0.05, 0) is 13.3 Å². The van der Waals surface area contributed by atoms with Gasteiger partial charge < -0.3 is 4.89 Å². The van der Waals surface area contributed by atoms with Gasteiger partial charge in [0.2, 0.25) is 0 Å². The molecule has 1 nitrogen and oxygen atoms in total. The predicted octanol–water partition coefficient (Wildman–Crippen LogP) is 4.01. The molecule has 0 heterocycles. The van der Waals surface area contributed by atoms with Crippen LogP contribution in [0, 0.1) is 0 Å². The number of benzene rings is 1. The molecule has 0 spiro atoms. The molecule has 5 heteroatoms. The van der Waals surface area contributed by atoms with Crippen LogP contribution >= 0.6 is 35.4 Å². The van der Waals surface area contributed by atoms with Crippen LogP contribution in [0.25, 0.3) is 0 Å². The first kappa shape index (κ1) is 16.6. The first-order chi connectivity index (χ1) is 6.15. The molecule has 0 saturated heterocycles. The van der Waals surface area contributed by atoms with E-state index in [4.69, 9.17) is 4.89 Å². The molecular weight excluding hydrogens is 404 g/mol. The second kappa shape index (κ2) is 15.7. The summed E-state index contributed by atoms with van der Waals surface area (Å²) in [6.45, 7) is 3.57. The average molecular weight is 417 g/mol. The summed E-state index contributed by atoms with van der Waals surface area (Å²) in [7, 11) is -0.620. The Morgan fingerprint density at radius 2 is 1.00 bits per heavy atom. The summed E-state index contributed by atoms with van der Waals surface area (Å²) in [4.78, 5) is 8.12. The number of hydrogen-bond donors (Lipinski definition) is 1. The van der Waals surface area contributed by atoms with Crippen molar-refractivity contribution in [2.75, 3.05) is 13.3 Å². The number of rotatable bonds is 0. The normalized spacial score (nSPS) is 8.15. The van der Waals surface area contributed by atoms with Gasteiger partial charge >= 0.3 is 40.5 Å². The van der Waals surface area contributed by atoms with E-state index in [0.29, 0.717) is 13.2 Å². The van der Waals surface area contributed by atoms with Gasteiger partial charge in [0, 0.05) is 8.15 Å². The van der Waals surface area contributed by atoms with Crippen LogP contribution in [0.1, 0.15) is 0 Å². The van der Waals surface area contributed by atoms with Gasteiger partial charge in [-0.3, -0.25) is 0 Å². The third-order valence-corrected chi connectivity index (χ3v) is 0.667. The summed E-state index contributed by atoms with van der Waals surface area (Å²) in [5.74, 6) is 0. The van der Waals surface area contributed by atoms with Crippen LogP contribution in [-0.2, 0) is 13.2 Å². The van der Waals surface area contributed by atoms with Crippen molar-refractivity contribution >= 4 is 35.4 Å². The van der Waals surface area contributed by atoms with E-state index in [0.717, 1.165) is 0 Å². The molecule has 78 valence electrons. The zero-order valence-electron chi connectivity index (χ0n) is 7.47. The Kier molecular flexibility index (Phi) is 20.0. The van der Waals surface area contributed by atoms with Crippen molar-refractivity contribution in [1.82, 2.24) is 0 Å².